The van der Waals surface area contributed by atoms with Crippen LogP contribution in [-0.4, -0.2) is 29.5 Å². The molecule has 1 unspecified atom stereocenters. The predicted molar refractivity (Wildman–Crippen MR) is 83.9 cm³/mol. The molecule has 0 aliphatic carbocycles. The van der Waals surface area contributed by atoms with Crippen molar-refractivity contribution in [1.82, 2.24) is 15.2 Å². The molecule has 1 saturated heterocycles. The first-order valence-electron chi connectivity index (χ1n) is 7.02. The second kappa shape index (κ2) is 7.63. The number of aromatic nitrogens is 1. The molecule has 3 nitrogen and oxygen atoms in total. The van der Waals surface area contributed by atoms with Gasteiger partial charge in [-0.2, -0.15) is 0 Å². The van der Waals surface area contributed by atoms with Gasteiger partial charge in [-0.1, -0.05) is 6.07 Å². The SMILES string of the molecule is Cl.Fc1ccc(F)c(CN2CCNCC2c2cccnc2)c1. The summed E-state index contributed by atoms with van der Waals surface area (Å²) in [4.78, 5) is 6.30. The van der Waals surface area contributed by atoms with Crippen molar-refractivity contribution in [3.63, 3.8) is 0 Å². The van der Waals surface area contributed by atoms with Crippen molar-refractivity contribution in [3.05, 3.63) is 65.5 Å². The number of rotatable bonds is 3. The van der Waals surface area contributed by atoms with Crippen LogP contribution in [0.25, 0.3) is 0 Å². The zero-order chi connectivity index (χ0) is 14.7. The number of piperazine rings is 1. The monoisotopic (exact) mass is 325 g/mol. The standard InChI is InChI=1S/C16H17F2N3.ClH/c17-14-3-4-15(18)13(8-14)11-21-7-6-20-10-16(21)12-2-1-5-19-9-12;/h1-5,8-9,16,20H,6-7,10-11H2;1H. The molecular formula is C16H18ClF2N3. The summed E-state index contributed by atoms with van der Waals surface area (Å²) in [5.74, 6) is -0.765. The van der Waals surface area contributed by atoms with Crippen molar-refractivity contribution in [2.75, 3.05) is 19.6 Å². The van der Waals surface area contributed by atoms with E-state index in [0.717, 1.165) is 31.3 Å². The third-order valence-electron chi connectivity index (χ3n) is 3.80. The average molecular weight is 326 g/mol. The third kappa shape index (κ3) is 3.80. The second-order valence-electron chi connectivity index (χ2n) is 5.21. The normalized spacial score (nSPS) is 18.7. The van der Waals surface area contributed by atoms with Gasteiger partial charge < -0.3 is 5.32 Å². The summed E-state index contributed by atoms with van der Waals surface area (Å²) in [6, 6.07) is 7.64. The van der Waals surface area contributed by atoms with Crippen LogP contribution in [0.2, 0.25) is 0 Å². The van der Waals surface area contributed by atoms with Gasteiger partial charge in [0.2, 0.25) is 0 Å². The van der Waals surface area contributed by atoms with E-state index in [4.69, 9.17) is 0 Å². The summed E-state index contributed by atoms with van der Waals surface area (Å²) in [6.45, 7) is 2.80. The molecule has 1 aromatic carbocycles. The molecule has 1 aliphatic rings. The fraction of sp³-hybridized carbons (Fsp3) is 0.312. The van der Waals surface area contributed by atoms with Gasteiger partial charge in [0.05, 0.1) is 0 Å². The lowest BCUT2D eigenvalue weighted by molar-refractivity contribution is 0.151. The topological polar surface area (TPSA) is 28.2 Å². The predicted octanol–water partition coefficient (Wildman–Crippen LogP) is 2.93. The Balaban J connectivity index is 0.00000176. The summed E-state index contributed by atoms with van der Waals surface area (Å²) >= 11 is 0. The minimum atomic E-state index is -0.403. The molecule has 1 aliphatic heterocycles. The van der Waals surface area contributed by atoms with Gasteiger partial charge in [0.25, 0.3) is 0 Å². The number of pyridine rings is 1. The molecule has 0 saturated carbocycles. The van der Waals surface area contributed by atoms with Crippen molar-refractivity contribution in [3.8, 4) is 0 Å². The Hall–Kier alpha value is -1.56. The molecular weight excluding hydrogens is 308 g/mol. The number of nitrogens with one attached hydrogen (secondary N) is 1. The highest BCUT2D eigenvalue weighted by atomic mass is 35.5. The first-order chi connectivity index (χ1) is 10.2. The molecule has 1 fully saturated rings. The Kier molecular flexibility index (Phi) is 5.83. The highest BCUT2D eigenvalue weighted by Gasteiger charge is 2.24. The van der Waals surface area contributed by atoms with E-state index in [9.17, 15) is 8.78 Å². The van der Waals surface area contributed by atoms with Crippen molar-refractivity contribution in [2.24, 2.45) is 0 Å². The van der Waals surface area contributed by atoms with E-state index in [0.29, 0.717) is 12.1 Å². The van der Waals surface area contributed by atoms with Crippen molar-refractivity contribution in [1.29, 1.82) is 0 Å². The Morgan fingerprint density at radius 2 is 2.14 bits per heavy atom. The maximum absolute atomic E-state index is 13.8. The van der Waals surface area contributed by atoms with Gasteiger partial charge in [-0.05, 0) is 29.8 Å². The van der Waals surface area contributed by atoms with E-state index in [-0.39, 0.29) is 24.3 Å². The van der Waals surface area contributed by atoms with Crippen LogP contribution < -0.4 is 5.32 Å². The smallest absolute Gasteiger partial charge is 0.127 e. The lowest BCUT2D eigenvalue weighted by Gasteiger charge is -2.36. The molecule has 2 aromatic rings. The molecule has 1 N–H and O–H groups in total. The quantitative estimate of drug-likeness (QED) is 0.940. The van der Waals surface area contributed by atoms with Crippen LogP contribution in [0.5, 0.6) is 0 Å². The Morgan fingerprint density at radius 3 is 2.91 bits per heavy atom. The number of hydrogen-bond acceptors (Lipinski definition) is 3. The molecule has 2 heterocycles. The highest BCUT2D eigenvalue weighted by molar-refractivity contribution is 5.85. The van der Waals surface area contributed by atoms with Crippen LogP contribution >= 0.6 is 12.4 Å². The van der Waals surface area contributed by atoms with Crippen LogP contribution in [0.4, 0.5) is 8.78 Å². The molecule has 0 amide bonds. The number of benzene rings is 1. The number of hydrogen-bond donors (Lipinski definition) is 1. The first kappa shape index (κ1) is 16.8. The average Bonchev–Trinajstić information content (AvgIpc) is 2.52. The Labute approximate surface area is 134 Å². The lowest BCUT2D eigenvalue weighted by atomic mass is 10.0. The van der Waals surface area contributed by atoms with Gasteiger partial charge >= 0.3 is 0 Å². The van der Waals surface area contributed by atoms with Crippen molar-refractivity contribution >= 4 is 12.4 Å². The molecule has 0 radical (unpaired) electrons. The van der Waals surface area contributed by atoms with Crippen molar-refractivity contribution < 1.29 is 8.78 Å². The van der Waals surface area contributed by atoms with E-state index < -0.39 is 5.82 Å². The summed E-state index contributed by atoms with van der Waals surface area (Å²) < 4.78 is 27.1. The van der Waals surface area contributed by atoms with Gasteiger partial charge in [0, 0.05) is 50.2 Å². The molecule has 1 atom stereocenters. The third-order valence-corrected chi connectivity index (χ3v) is 3.80. The van der Waals surface area contributed by atoms with E-state index in [1.54, 1.807) is 6.20 Å². The van der Waals surface area contributed by atoms with E-state index in [1.807, 2.05) is 18.3 Å². The summed E-state index contributed by atoms with van der Waals surface area (Å²) in [5.41, 5.74) is 1.48. The zero-order valence-electron chi connectivity index (χ0n) is 12.0. The second-order valence-corrected chi connectivity index (χ2v) is 5.21. The van der Waals surface area contributed by atoms with Crippen molar-refractivity contribution in [2.45, 2.75) is 12.6 Å². The zero-order valence-corrected chi connectivity index (χ0v) is 12.8. The highest BCUT2D eigenvalue weighted by Crippen LogP contribution is 2.24. The van der Waals surface area contributed by atoms with Gasteiger partial charge in [0.15, 0.2) is 0 Å². The van der Waals surface area contributed by atoms with Gasteiger partial charge in [-0.25, -0.2) is 8.78 Å². The molecule has 0 spiro atoms. The summed E-state index contributed by atoms with van der Waals surface area (Å²) in [7, 11) is 0. The molecule has 22 heavy (non-hydrogen) atoms. The summed E-state index contributed by atoms with van der Waals surface area (Å²) in [5, 5.41) is 3.34. The molecule has 0 bridgehead atoms. The maximum atomic E-state index is 13.8. The maximum Gasteiger partial charge on any atom is 0.127 e. The molecule has 118 valence electrons. The number of nitrogens with zero attached hydrogens (tertiary/aromatic N) is 2. The minimum Gasteiger partial charge on any atom is -0.314 e. The summed E-state index contributed by atoms with van der Waals surface area (Å²) in [6.07, 6.45) is 3.56. The van der Waals surface area contributed by atoms with Crippen LogP contribution in [0.1, 0.15) is 17.2 Å². The van der Waals surface area contributed by atoms with E-state index >= 15 is 0 Å². The van der Waals surface area contributed by atoms with Crippen LogP contribution in [0.3, 0.4) is 0 Å². The minimum absolute atomic E-state index is 0. The van der Waals surface area contributed by atoms with Crippen LogP contribution in [0.15, 0.2) is 42.7 Å². The Morgan fingerprint density at radius 1 is 1.27 bits per heavy atom. The van der Waals surface area contributed by atoms with Gasteiger partial charge in [-0.15, -0.1) is 12.4 Å². The van der Waals surface area contributed by atoms with Crippen LogP contribution in [0, 0.1) is 11.6 Å². The Bertz CT molecular complexity index is 610. The molecule has 6 heteroatoms. The number of halogens is 3. The fourth-order valence-electron chi connectivity index (χ4n) is 2.72. The molecule has 3 rings (SSSR count). The molecule has 1 aromatic heterocycles. The fourth-order valence-corrected chi connectivity index (χ4v) is 2.72. The first-order valence-corrected chi connectivity index (χ1v) is 7.02. The largest absolute Gasteiger partial charge is 0.314 e. The van der Waals surface area contributed by atoms with E-state index in [1.165, 1.54) is 12.1 Å². The van der Waals surface area contributed by atoms with Crippen LogP contribution in [-0.2, 0) is 6.54 Å². The van der Waals surface area contributed by atoms with Gasteiger partial charge in [-0.3, -0.25) is 9.88 Å². The van der Waals surface area contributed by atoms with E-state index in [2.05, 4.69) is 15.2 Å². The van der Waals surface area contributed by atoms with Gasteiger partial charge in [0.1, 0.15) is 11.6 Å². The lowest BCUT2D eigenvalue weighted by Crippen LogP contribution is -2.45.